The Morgan fingerprint density at radius 1 is 1.14 bits per heavy atom. The van der Waals surface area contributed by atoms with Gasteiger partial charge in [0.1, 0.15) is 0 Å². The van der Waals surface area contributed by atoms with Crippen molar-refractivity contribution in [3.63, 3.8) is 0 Å². The van der Waals surface area contributed by atoms with E-state index in [2.05, 4.69) is 74.9 Å². The number of hydrogen-bond donors (Lipinski definition) is 0. The van der Waals surface area contributed by atoms with Crippen LogP contribution in [0.1, 0.15) is 58.2 Å². The van der Waals surface area contributed by atoms with Crippen molar-refractivity contribution < 1.29 is 9.53 Å². The van der Waals surface area contributed by atoms with Crippen molar-refractivity contribution in [2.45, 2.75) is 60.0 Å². The first-order valence-corrected chi connectivity index (χ1v) is 10.7. The Kier molecular flexibility index (Phi) is 8.97. The molecule has 1 amide bonds. The van der Waals surface area contributed by atoms with E-state index in [1.165, 1.54) is 11.3 Å². The number of amides is 1. The fourth-order valence-corrected chi connectivity index (χ4v) is 3.96. The molecule has 2 rings (SSSR count). The van der Waals surface area contributed by atoms with Crippen LogP contribution >= 0.6 is 0 Å². The Morgan fingerprint density at radius 2 is 1.86 bits per heavy atom. The van der Waals surface area contributed by atoms with E-state index in [1.54, 1.807) is 7.11 Å². The van der Waals surface area contributed by atoms with Crippen molar-refractivity contribution in [1.29, 1.82) is 0 Å². The zero-order valence-electron chi connectivity index (χ0n) is 18.9. The molecule has 0 saturated carbocycles. The first-order chi connectivity index (χ1) is 13.8. The van der Waals surface area contributed by atoms with Crippen LogP contribution in [0.4, 0.5) is 0 Å². The quantitative estimate of drug-likeness (QED) is 0.477. The molecule has 1 heterocycles. The number of nitrogens with zero attached hydrogens (tertiary/aromatic N) is 2. The minimum atomic E-state index is 0.241. The molecule has 0 aliphatic heterocycles. The third-order valence-electron chi connectivity index (χ3n) is 5.09. The highest BCUT2D eigenvalue weighted by molar-refractivity contribution is 5.76. The molecule has 29 heavy (non-hydrogen) atoms. The average Bonchev–Trinajstić information content (AvgIpc) is 3.07. The molecule has 2 aromatic rings. The number of methoxy groups -OCH3 is 1. The topological polar surface area (TPSA) is 34.5 Å². The van der Waals surface area contributed by atoms with Gasteiger partial charge in [-0.25, -0.2) is 0 Å². The van der Waals surface area contributed by atoms with E-state index in [-0.39, 0.29) is 11.3 Å². The molecule has 0 aliphatic rings. The van der Waals surface area contributed by atoms with Gasteiger partial charge in [-0.2, -0.15) is 0 Å². The second-order valence-electron chi connectivity index (χ2n) is 9.35. The SMILES string of the molecule is COCCCN(Cc1cccn1Cc1ccccc1)C(=O)CC(C)CC(C)(C)C. The highest BCUT2D eigenvalue weighted by Gasteiger charge is 2.21. The van der Waals surface area contributed by atoms with Gasteiger partial charge < -0.3 is 14.2 Å². The number of carbonyl (C=O) groups is 1. The molecule has 1 aromatic heterocycles. The van der Waals surface area contributed by atoms with E-state index < -0.39 is 0 Å². The molecule has 0 saturated heterocycles. The Morgan fingerprint density at radius 3 is 2.52 bits per heavy atom. The van der Waals surface area contributed by atoms with Crippen molar-refractivity contribution in [2.24, 2.45) is 11.3 Å². The molecule has 1 atom stereocenters. The number of aromatic nitrogens is 1. The van der Waals surface area contributed by atoms with E-state index in [9.17, 15) is 4.79 Å². The lowest BCUT2D eigenvalue weighted by atomic mass is 9.84. The molecule has 1 aromatic carbocycles. The predicted octanol–water partition coefficient (Wildman–Crippen LogP) is 5.36. The minimum Gasteiger partial charge on any atom is -0.385 e. The third kappa shape index (κ3) is 8.45. The molecule has 0 fully saturated rings. The zero-order chi connectivity index (χ0) is 21.3. The number of carbonyl (C=O) groups excluding carboxylic acids is 1. The normalized spacial score (nSPS) is 12.7. The van der Waals surface area contributed by atoms with Crippen LogP contribution in [-0.2, 0) is 22.6 Å². The van der Waals surface area contributed by atoms with E-state index in [4.69, 9.17) is 4.74 Å². The first-order valence-electron chi connectivity index (χ1n) is 10.7. The van der Waals surface area contributed by atoms with Gasteiger partial charge in [0.2, 0.25) is 5.91 Å². The van der Waals surface area contributed by atoms with E-state index in [0.717, 1.165) is 25.9 Å². The summed E-state index contributed by atoms with van der Waals surface area (Å²) in [6.07, 6.45) is 4.61. The van der Waals surface area contributed by atoms with Crippen LogP contribution in [0.25, 0.3) is 0 Å². The Labute approximate surface area is 176 Å². The van der Waals surface area contributed by atoms with Crippen LogP contribution in [0.15, 0.2) is 48.7 Å². The third-order valence-corrected chi connectivity index (χ3v) is 5.09. The smallest absolute Gasteiger partial charge is 0.223 e. The second kappa shape index (κ2) is 11.2. The molecule has 0 radical (unpaired) electrons. The molecule has 0 aliphatic carbocycles. The van der Waals surface area contributed by atoms with E-state index in [1.807, 2.05) is 11.0 Å². The molecule has 0 N–H and O–H groups in total. The van der Waals surface area contributed by atoms with Crippen molar-refractivity contribution in [3.8, 4) is 0 Å². The van der Waals surface area contributed by atoms with Gasteiger partial charge in [0.25, 0.3) is 0 Å². The van der Waals surface area contributed by atoms with Gasteiger partial charge in [-0.05, 0) is 41.9 Å². The highest BCUT2D eigenvalue weighted by Crippen LogP contribution is 2.26. The molecular formula is C25H38N2O2. The van der Waals surface area contributed by atoms with Gasteiger partial charge in [0.05, 0.1) is 6.54 Å². The lowest BCUT2D eigenvalue weighted by Crippen LogP contribution is -2.34. The maximum absolute atomic E-state index is 13.1. The van der Waals surface area contributed by atoms with Gasteiger partial charge in [-0.15, -0.1) is 0 Å². The van der Waals surface area contributed by atoms with Crippen LogP contribution in [0, 0.1) is 11.3 Å². The summed E-state index contributed by atoms with van der Waals surface area (Å²) < 4.78 is 7.45. The molecule has 0 spiro atoms. The molecule has 0 bridgehead atoms. The van der Waals surface area contributed by atoms with Crippen LogP contribution in [0.5, 0.6) is 0 Å². The monoisotopic (exact) mass is 398 g/mol. The van der Waals surface area contributed by atoms with Crippen LogP contribution in [-0.4, -0.2) is 35.6 Å². The highest BCUT2D eigenvalue weighted by atomic mass is 16.5. The fourth-order valence-electron chi connectivity index (χ4n) is 3.96. The number of ether oxygens (including phenoxy) is 1. The van der Waals surface area contributed by atoms with Crippen molar-refractivity contribution in [3.05, 3.63) is 59.9 Å². The molecule has 4 nitrogen and oxygen atoms in total. The first kappa shape index (κ1) is 23.2. The summed E-state index contributed by atoms with van der Waals surface area (Å²) in [5, 5.41) is 0. The van der Waals surface area contributed by atoms with Gasteiger partial charge >= 0.3 is 0 Å². The maximum atomic E-state index is 13.1. The molecule has 4 heteroatoms. The Balaban J connectivity index is 2.06. The summed E-state index contributed by atoms with van der Waals surface area (Å²) >= 11 is 0. The minimum absolute atomic E-state index is 0.241. The van der Waals surface area contributed by atoms with Gasteiger partial charge in [0, 0.05) is 45.1 Å². The van der Waals surface area contributed by atoms with Gasteiger partial charge in [-0.3, -0.25) is 4.79 Å². The molecular weight excluding hydrogens is 360 g/mol. The number of hydrogen-bond acceptors (Lipinski definition) is 2. The lowest BCUT2D eigenvalue weighted by Gasteiger charge is -2.27. The number of benzene rings is 1. The van der Waals surface area contributed by atoms with Crippen molar-refractivity contribution in [2.75, 3.05) is 20.3 Å². The molecule has 160 valence electrons. The van der Waals surface area contributed by atoms with Crippen LogP contribution in [0.3, 0.4) is 0 Å². The largest absolute Gasteiger partial charge is 0.385 e. The summed E-state index contributed by atoms with van der Waals surface area (Å²) in [6.45, 7) is 11.8. The summed E-state index contributed by atoms with van der Waals surface area (Å²) in [7, 11) is 1.71. The fraction of sp³-hybridized carbons (Fsp3) is 0.560. The van der Waals surface area contributed by atoms with Gasteiger partial charge in [-0.1, -0.05) is 58.0 Å². The van der Waals surface area contributed by atoms with Crippen molar-refractivity contribution in [1.82, 2.24) is 9.47 Å². The zero-order valence-corrected chi connectivity index (χ0v) is 18.9. The van der Waals surface area contributed by atoms with Crippen molar-refractivity contribution >= 4 is 5.91 Å². The lowest BCUT2D eigenvalue weighted by molar-refractivity contribution is -0.133. The Bertz CT molecular complexity index is 731. The standard InChI is InChI=1S/C25H38N2O2/c1-21(18-25(2,3)4)17-24(28)27(15-10-16-29-5)20-23-13-9-14-26(23)19-22-11-7-6-8-12-22/h6-9,11-14,21H,10,15-20H2,1-5H3. The van der Waals surface area contributed by atoms with E-state index in [0.29, 0.717) is 25.5 Å². The maximum Gasteiger partial charge on any atom is 0.223 e. The summed E-state index contributed by atoms with van der Waals surface area (Å²) in [5.41, 5.74) is 2.68. The van der Waals surface area contributed by atoms with Crippen LogP contribution < -0.4 is 0 Å². The van der Waals surface area contributed by atoms with Crippen LogP contribution in [0.2, 0.25) is 0 Å². The number of rotatable bonds is 11. The van der Waals surface area contributed by atoms with Gasteiger partial charge in [0.15, 0.2) is 0 Å². The summed E-state index contributed by atoms with van der Waals surface area (Å²) in [6, 6.07) is 14.6. The second-order valence-corrected chi connectivity index (χ2v) is 9.35. The average molecular weight is 399 g/mol. The molecule has 1 unspecified atom stereocenters. The summed E-state index contributed by atoms with van der Waals surface area (Å²) in [5.74, 6) is 0.619. The Hall–Kier alpha value is -2.07. The van der Waals surface area contributed by atoms with E-state index >= 15 is 0 Å². The predicted molar refractivity (Wildman–Crippen MR) is 120 cm³/mol. The summed E-state index contributed by atoms with van der Waals surface area (Å²) in [4.78, 5) is 15.1.